The number of likely N-dealkylation sites (tertiary alicyclic amines) is 1. The molecular weight excluding hydrogens is 470 g/mol. The Hall–Kier alpha value is -2.49. The first kappa shape index (κ1) is 30.5. The van der Waals surface area contributed by atoms with E-state index in [9.17, 15) is 8.78 Å². The molecule has 1 N–H and O–H groups in total. The van der Waals surface area contributed by atoms with Gasteiger partial charge in [0.1, 0.15) is 17.7 Å². The summed E-state index contributed by atoms with van der Waals surface area (Å²) in [6.45, 7) is 10.0. The number of benzene rings is 2. The molecule has 35 heavy (non-hydrogen) atoms. The van der Waals surface area contributed by atoms with Crippen LogP contribution in [-0.4, -0.2) is 36.1 Å². The zero-order valence-corrected chi connectivity index (χ0v) is 21.7. The number of aryl methyl sites for hydroxylation is 2. The molecule has 4 rings (SSSR count). The van der Waals surface area contributed by atoms with Gasteiger partial charge in [-0.15, -0.1) is 0 Å². The normalized spacial score (nSPS) is 17.1. The van der Waals surface area contributed by atoms with E-state index in [-0.39, 0.29) is 18.1 Å². The fourth-order valence-electron chi connectivity index (χ4n) is 4.28. The van der Waals surface area contributed by atoms with Crippen molar-refractivity contribution in [2.24, 2.45) is 11.8 Å². The van der Waals surface area contributed by atoms with Crippen molar-refractivity contribution in [2.75, 3.05) is 19.6 Å². The van der Waals surface area contributed by atoms with Crippen LogP contribution in [0.25, 0.3) is 0 Å². The van der Waals surface area contributed by atoms with E-state index in [0.717, 1.165) is 29.5 Å². The van der Waals surface area contributed by atoms with Crippen LogP contribution in [0.15, 0.2) is 36.4 Å². The quantitative estimate of drug-likeness (QED) is 0.445. The maximum absolute atomic E-state index is 12.6. The minimum atomic E-state index is -0.377. The largest absolute Gasteiger partial charge is 0.483 e. The topological polar surface area (TPSA) is 64.3 Å². The lowest BCUT2D eigenvalue weighted by Crippen LogP contribution is -2.26. The molecule has 4 nitrogen and oxygen atoms in total. The molecule has 2 fully saturated rings. The summed E-state index contributed by atoms with van der Waals surface area (Å²) in [6, 6.07) is 10.8. The highest BCUT2D eigenvalue weighted by molar-refractivity contribution is 6.31. The van der Waals surface area contributed by atoms with Gasteiger partial charge in [0.2, 0.25) is 0 Å². The zero-order valence-electron chi connectivity index (χ0n) is 20.9. The number of hydrogen-bond donors (Lipinski definition) is 1. The first-order valence-electron chi connectivity index (χ1n) is 12.1. The molecule has 1 unspecified atom stereocenters. The minimum Gasteiger partial charge on any atom is -0.483 e. The zero-order chi connectivity index (χ0) is 26.2. The maximum atomic E-state index is 12.6. The van der Waals surface area contributed by atoms with Crippen LogP contribution in [0.2, 0.25) is 5.02 Å². The molecule has 1 saturated heterocycles. The van der Waals surface area contributed by atoms with E-state index in [4.69, 9.17) is 26.8 Å². The molecule has 7 heteroatoms. The van der Waals surface area contributed by atoms with Crippen molar-refractivity contribution in [2.45, 2.75) is 59.3 Å². The van der Waals surface area contributed by atoms with Crippen LogP contribution >= 0.6 is 11.6 Å². The SMILES string of the molecule is CC1CCN(CC2CCCC2)C1.CCc1cc(F)ccc1F.Cc1ccc(C#N)c(Cl)c1.O=CO. The van der Waals surface area contributed by atoms with Crippen LogP contribution in [0.3, 0.4) is 0 Å². The number of nitriles is 1. The molecule has 2 aromatic rings. The number of carboxylic acid groups (broad SMARTS) is 1. The van der Waals surface area contributed by atoms with E-state index >= 15 is 0 Å². The second-order valence-electron chi connectivity index (χ2n) is 9.09. The Morgan fingerprint density at radius 2 is 1.83 bits per heavy atom. The minimum absolute atomic E-state index is 0.250. The molecule has 0 radical (unpaired) electrons. The summed E-state index contributed by atoms with van der Waals surface area (Å²) in [6.07, 6.45) is 7.97. The van der Waals surface area contributed by atoms with E-state index in [1.165, 1.54) is 57.8 Å². The van der Waals surface area contributed by atoms with Gasteiger partial charge in [0.15, 0.2) is 0 Å². The van der Waals surface area contributed by atoms with Crippen molar-refractivity contribution in [3.63, 3.8) is 0 Å². The van der Waals surface area contributed by atoms with Gasteiger partial charge in [-0.25, -0.2) is 8.78 Å². The van der Waals surface area contributed by atoms with E-state index in [1.807, 2.05) is 19.1 Å². The molecular formula is C28H37ClF2N2O2. The van der Waals surface area contributed by atoms with Gasteiger partial charge in [-0.2, -0.15) is 5.26 Å². The molecule has 0 aromatic heterocycles. The number of halogens is 3. The predicted octanol–water partition coefficient (Wildman–Crippen LogP) is 7.27. The monoisotopic (exact) mass is 506 g/mol. The fourth-order valence-corrected chi connectivity index (χ4v) is 4.55. The average molecular weight is 507 g/mol. The first-order valence-corrected chi connectivity index (χ1v) is 12.5. The molecule has 0 spiro atoms. The molecule has 1 heterocycles. The standard InChI is InChI=1S/C11H21N.C8H6ClN.C8H8F2.CH2O2/c1-10-6-7-12(8-10)9-11-4-2-3-5-11;1-6-2-3-7(5-10)8(9)4-6;1-2-6-5-7(9)3-4-8(6)10;2-1-3/h10-11H,2-9H2,1H3;2-4H,1H3;3-5H,2H2,1H3;1H,(H,2,3). The maximum Gasteiger partial charge on any atom is 0.290 e. The van der Waals surface area contributed by atoms with Gasteiger partial charge in [-0.05, 0) is 92.4 Å². The fraction of sp³-hybridized carbons (Fsp3) is 0.500. The Morgan fingerprint density at radius 3 is 2.31 bits per heavy atom. The smallest absolute Gasteiger partial charge is 0.290 e. The lowest BCUT2D eigenvalue weighted by molar-refractivity contribution is -0.122. The summed E-state index contributed by atoms with van der Waals surface area (Å²) in [4.78, 5) is 11.0. The molecule has 2 aliphatic rings. The summed E-state index contributed by atoms with van der Waals surface area (Å²) in [7, 11) is 0. The van der Waals surface area contributed by atoms with Crippen molar-refractivity contribution < 1.29 is 18.7 Å². The summed E-state index contributed by atoms with van der Waals surface area (Å²) in [5, 5.41) is 15.9. The number of nitrogens with zero attached hydrogens (tertiary/aromatic N) is 2. The molecule has 1 atom stereocenters. The van der Waals surface area contributed by atoms with Crippen LogP contribution < -0.4 is 0 Å². The molecule has 1 aliphatic heterocycles. The van der Waals surface area contributed by atoms with E-state index < -0.39 is 0 Å². The highest BCUT2D eigenvalue weighted by Crippen LogP contribution is 2.27. The van der Waals surface area contributed by atoms with Crippen LogP contribution in [0.1, 0.15) is 62.6 Å². The Balaban J connectivity index is 0.000000250. The molecule has 1 saturated carbocycles. The third-order valence-corrected chi connectivity index (χ3v) is 6.45. The Labute approximate surface area is 213 Å². The lowest BCUT2D eigenvalue weighted by atomic mass is 10.1. The van der Waals surface area contributed by atoms with Crippen LogP contribution in [0.4, 0.5) is 8.78 Å². The molecule has 192 valence electrons. The summed E-state index contributed by atoms with van der Waals surface area (Å²) < 4.78 is 25.0. The number of rotatable bonds is 3. The molecule has 1 aliphatic carbocycles. The number of carbonyl (C=O) groups is 1. The third-order valence-electron chi connectivity index (χ3n) is 6.13. The van der Waals surface area contributed by atoms with Gasteiger partial charge < -0.3 is 10.0 Å². The molecule has 2 aromatic carbocycles. The van der Waals surface area contributed by atoms with Crippen LogP contribution in [0, 0.1) is 41.7 Å². The molecule has 0 amide bonds. The highest BCUT2D eigenvalue weighted by atomic mass is 35.5. The summed E-state index contributed by atoms with van der Waals surface area (Å²) >= 11 is 5.71. The van der Waals surface area contributed by atoms with Crippen LogP contribution in [-0.2, 0) is 11.2 Å². The summed E-state index contributed by atoms with van der Waals surface area (Å²) in [5.41, 5.74) is 2.04. The van der Waals surface area contributed by atoms with Gasteiger partial charge in [-0.1, -0.05) is 44.4 Å². The van der Waals surface area contributed by atoms with Crippen molar-refractivity contribution >= 4 is 18.1 Å². The third kappa shape index (κ3) is 12.2. The molecule has 0 bridgehead atoms. The van der Waals surface area contributed by atoms with Crippen molar-refractivity contribution in [1.82, 2.24) is 4.90 Å². The van der Waals surface area contributed by atoms with Gasteiger partial charge >= 0.3 is 0 Å². The van der Waals surface area contributed by atoms with E-state index in [1.54, 1.807) is 19.1 Å². The predicted molar refractivity (Wildman–Crippen MR) is 138 cm³/mol. The Kier molecular flexibility index (Phi) is 14.9. The first-order chi connectivity index (χ1) is 16.7. The van der Waals surface area contributed by atoms with Crippen molar-refractivity contribution in [3.8, 4) is 6.07 Å². The Bertz CT molecular complexity index is 934. The van der Waals surface area contributed by atoms with Crippen LogP contribution in [0.5, 0.6) is 0 Å². The lowest BCUT2D eigenvalue weighted by Gasteiger charge is -2.19. The van der Waals surface area contributed by atoms with E-state index in [2.05, 4.69) is 11.8 Å². The van der Waals surface area contributed by atoms with Gasteiger partial charge in [0, 0.05) is 13.1 Å². The van der Waals surface area contributed by atoms with Gasteiger partial charge in [0.25, 0.3) is 6.47 Å². The highest BCUT2D eigenvalue weighted by Gasteiger charge is 2.23. The van der Waals surface area contributed by atoms with E-state index in [0.29, 0.717) is 22.6 Å². The van der Waals surface area contributed by atoms with Gasteiger partial charge in [-0.3, -0.25) is 4.79 Å². The van der Waals surface area contributed by atoms with Crippen molar-refractivity contribution in [1.29, 1.82) is 5.26 Å². The second kappa shape index (κ2) is 17.0. The summed E-state index contributed by atoms with van der Waals surface area (Å²) in [5.74, 6) is 1.31. The average Bonchev–Trinajstić information content (AvgIpc) is 3.49. The second-order valence-corrected chi connectivity index (χ2v) is 9.50. The number of hydrogen-bond acceptors (Lipinski definition) is 3. The van der Waals surface area contributed by atoms with Crippen molar-refractivity contribution in [3.05, 3.63) is 69.7 Å². The Morgan fingerprint density at radius 1 is 1.17 bits per heavy atom. The van der Waals surface area contributed by atoms with Gasteiger partial charge in [0.05, 0.1) is 10.6 Å².